The summed E-state index contributed by atoms with van der Waals surface area (Å²) in [6.07, 6.45) is 4.01. The fraction of sp³-hybridized carbons (Fsp3) is 0.412. The number of rotatable bonds is 6. The van der Waals surface area contributed by atoms with Crippen molar-refractivity contribution in [2.45, 2.75) is 25.5 Å². The van der Waals surface area contributed by atoms with Crippen molar-refractivity contribution in [1.82, 2.24) is 10.3 Å². The summed E-state index contributed by atoms with van der Waals surface area (Å²) in [5.74, 6) is -0.112. The van der Waals surface area contributed by atoms with E-state index in [1.54, 1.807) is 6.20 Å². The molecule has 2 heterocycles. The zero-order valence-electron chi connectivity index (χ0n) is 12.5. The molecule has 1 atom stereocenters. The number of nitrogens with zero attached hydrogens (tertiary/aromatic N) is 1. The number of carbonyl (C=O) groups is 1. The van der Waals surface area contributed by atoms with Crippen LogP contribution in [0.25, 0.3) is 10.9 Å². The van der Waals surface area contributed by atoms with Crippen molar-refractivity contribution in [1.29, 1.82) is 0 Å². The number of para-hydroxylation sites is 1. The molecule has 5 heteroatoms. The molecule has 0 unspecified atom stereocenters. The van der Waals surface area contributed by atoms with Gasteiger partial charge in [-0.2, -0.15) is 0 Å². The minimum Gasteiger partial charge on any atom is -0.376 e. The Morgan fingerprint density at radius 3 is 3.14 bits per heavy atom. The highest BCUT2D eigenvalue weighted by Crippen LogP contribution is 2.15. The normalized spacial score (nSPS) is 17.7. The largest absolute Gasteiger partial charge is 0.376 e. The zero-order chi connectivity index (χ0) is 15.2. The van der Waals surface area contributed by atoms with Gasteiger partial charge in [-0.1, -0.05) is 18.2 Å². The number of amides is 1. The van der Waals surface area contributed by atoms with Gasteiger partial charge < -0.3 is 14.8 Å². The molecule has 0 bridgehead atoms. The number of ether oxygens (including phenoxy) is 2. The summed E-state index contributed by atoms with van der Waals surface area (Å²) in [6.45, 7) is 1.84. The Bertz CT molecular complexity index is 633. The fourth-order valence-corrected chi connectivity index (χ4v) is 2.61. The molecule has 2 aromatic rings. The van der Waals surface area contributed by atoms with E-state index in [-0.39, 0.29) is 18.6 Å². The maximum absolute atomic E-state index is 11.8. The quantitative estimate of drug-likeness (QED) is 0.887. The predicted molar refractivity (Wildman–Crippen MR) is 83.4 cm³/mol. The first kappa shape index (κ1) is 14.9. The fourth-order valence-electron chi connectivity index (χ4n) is 2.61. The van der Waals surface area contributed by atoms with E-state index in [0.29, 0.717) is 13.2 Å². The van der Waals surface area contributed by atoms with Crippen molar-refractivity contribution in [3.63, 3.8) is 0 Å². The molecule has 1 aliphatic rings. The van der Waals surface area contributed by atoms with Crippen LogP contribution in [0.5, 0.6) is 0 Å². The number of pyridine rings is 1. The van der Waals surface area contributed by atoms with E-state index in [1.165, 1.54) is 0 Å². The Kier molecular flexibility index (Phi) is 4.98. The SMILES string of the molecule is O=C(COC[C@@H]1CCCO1)NCc1ccnc2ccccc12. The zero-order valence-corrected chi connectivity index (χ0v) is 12.5. The molecule has 1 aliphatic heterocycles. The van der Waals surface area contributed by atoms with Crippen molar-refractivity contribution in [3.8, 4) is 0 Å². The summed E-state index contributed by atoms with van der Waals surface area (Å²) in [6, 6.07) is 9.83. The van der Waals surface area contributed by atoms with Crippen LogP contribution in [0.15, 0.2) is 36.5 Å². The summed E-state index contributed by atoms with van der Waals surface area (Å²) in [5.41, 5.74) is 1.99. The lowest BCUT2D eigenvalue weighted by Gasteiger charge is -2.11. The smallest absolute Gasteiger partial charge is 0.246 e. The van der Waals surface area contributed by atoms with Gasteiger partial charge in [0.25, 0.3) is 0 Å². The van der Waals surface area contributed by atoms with Gasteiger partial charge in [-0.15, -0.1) is 0 Å². The highest BCUT2D eigenvalue weighted by atomic mass is 16.5. The maximum Gasteiger partial charge on any atom is 0.246 e. The van der Waals surface area contributed by atoms with Gasteiger partial charge >= 0.3 is 0 Å². The van der Waals surface area contributed by atoms with Gasteiger partial charge in [0, 0.05) is 24.7 Å². The topological polar surface area (TPSA) is 60.5 Å². The summed E-state index contributed by atoms with van der Waals surface area (Å²) in [5, 5.41) is 3.94. The van der Waals surface area contributed by atoms with E-state index >= 15 is 0 Å². The van der Waals surface area contributed by atoms with E-state index in [0.717, 1.165) is 35.9 Å². The van der Waals surface area contributed by atoms with E-state index in [4.69, 9.17) is 9.47 Å². The number of carbonyl (C=O) groups excluding carboxylic acids is 1. The van der Waals surface area contributed by atoms with E-state index in [2.05, 4.69) is 10.3 Å². The van der Waals surface area contributed by atoms with Crippen molar-refractivity contribution in [3.05, 3.63) is 42.1 Å². The third-order valence-electron chi connectivity index (χ3n) is 3.78. The Morgan fingerprint density at radius 1 is 1.36 bits per heavy atom. The Balaban J connectivity index is 1.47. The van der Waals surface area contributed by atoms with E-state index in [1.807, 2.05) is 30.3 Å². The number of aromatic nitrogens is 1. The molecule has 0 aliphatic carbocycles. The first-order valence-corrected chi connectivity index (χ1v) is 7.61. The average Bonchev–Trinajstić information content (AvgIpc) is 3.06. The van der Waals surface area contributed by atoms with Gasteiger partial charge in [-0.25, -0.2) is 0 Å². The summed E-state index contributed by atoms with van der Waals surface area (Å²) in [7, 11) is 0. The summed E-state index contributed by atoms with van der Waals surface area (Å²) < 4.78 is 10.9. The van der Waals surface area contributed by atoms with Gasteiger partial charge in [0.2, 0.25) is 5.91 Å². The molecular formula is C17H20N2O3. The van der Waals surface area contributed by atoms with E-state index < -0.39 is 0 Å². The van der Waals surface area contributed by atoms with Gasteiger partial charge in [-0.05, 0) is 30.5 Å². The van der Waals surface area contributed by atoms with Crippen LogP contribution >= 0.6 is 0 Å². The van der Waals surface area contributed by atoms with Crippen LogP contribution in [0, 0.1) is 0 Å². The molecule has 0 saturated carbocycles. The standard InChI is InChI=1S/C17H20N2O3/c20-17(12-21-11-14-4-3-9-22-14)19-10-13-7-8-18-16-6-2-1-5-15(13)16/h1-2,5-8,14H,3-4,9-12H2,(H,19,20)/t14-/m0/s1. The van der Waals surface area contributed by atoms with Crippen LogP contribution in [-0.4, -0.2) is 36.8 Å². The molecule has 1 aromatic carbocycles. The molecule has 0 spiro atoms. The third kappa shape index (κ3) is 3.81. The molecule has 116 valence electrons. The molecule has 22 heavy (non-hydrogen) atoms. The molecule has 1 N–H and O–H groups in total. The minimum atomic E-state index is -0.112. The number of nitrogens with one attached hydrogen (secondary N) is 1. The maximum atomic E-state index is 11.8. The molecule has 5 nitrogen and oxygen atoms in total. The summed E-state index contributed by atoms with van der Waals surface area (Å²) >= 11 is 0. The van der Waals surface area contributed by atoms with Gasteiger partial charge in [0.15, 0.2) is 0 Å². The second-order valence-corrected chi connectivity index (χ2v) is 5.41. The molecule has 1 aromatic heterocycles. The number of hydrogen-bond acceptors (Lipinski definition) is 4. The van der Waals surface area contributed by atoms with Crippen LogP contribution in [0.4, 0.5) is 0 Å². The van der Waals surface area contributed by atoms with Crippen molar-refractivity contribution in [2.75, 3.05) is 19.8 Å². The molecule has 1 saturated heterocycles. The van der Waals surface area contributed by atoms with Crippen molar-refractivity contribution >= 4 is 16.8 Å². The first-order valence-electron chi connectivity index (χ1n) is 7.61. The Labute approximate surface area is 129 Å². The lowest BCUT2D eigenvalue weighted by molar-refractivity contribution is -0.127. The second kappa shape index (κ2) is 7.33. The van der Waals surface area contributed by atoms with Crippen LogP contribution in [0.1, 0.15) is 18.4 Å². The Hall–Kier alpha value is -1.98. The number of benzene rings is 1. The van der Waals surface area contributed by atoms with Crippen LogP contribution < -0.4 is 5.32 Å². The van der Waals surface area contributed by atoms with Gasteiger partial charge in [0.1, 0.15) is 6.61 Å². The molecular weight excluding hydrogens is 280 g/mol. The molecule has 1 fully saturated rings. The van der Waals surface area contributed by atoms with Crippen molar-refractivity contribution < 1.29 is 14.3 Å². The summed E-state index contributed by atoms with van der Waals surface area (Å²) in [4.78, 5) is 16.1. The monoisotopic (exact) mass is 300 g/mol. The highest BCUT2D eigenvalue weighted by Gasteiger charge is 2.15. The Morgan fingerprint density at radius 2 is 2.27 bits per heavy atom. The van der Waals surface area contributed by atoms with Crippen LogP contribution in [0.2, 0.25) is 0 Å². The molecule has 3 rings (SSSR count). The lowest BCUT2D eigenvalue weighted by Crippen LogP contribution is -2.28. The lowest BCUT2D eigenvalue weighted by atomic mass is 10.1. The van der Waals surface area contributed by atoms with E-state index in [9.17, 15) is 4.79 Å². The van der Waals surface area contributed by atoms with Crippen LogP contribution in [-0.2, 0) is 20.8 Å². The number of fused-ring (bicyclic) bond motifs is 1. The highest BCUT2D eigenvalue weighted by molar-refractivity contribution is 5.83. The van der Waals surface area contributed by atoms with Crippen LogP contribution in [0.3, 0.4) is 0 Å². The number of hydrogen-bond donors (Lipinski definition) is 1. The van der Waals surface area contributed by atoms with Gasteiger partial charge in [0.05, 0.1) is 18.2 Å². The molecule has 0 radical (unpaired) electrons. The minimum absolute atomic E-state index is 0.0723. The van der Waals surface area contributed by atoms with Gasteiger partial charge in [-0.3, -0.25) is 9.78 Å². The average molecular weight is 300 g/mol. The molecule has 1 amide bonds. The predicted octanol–water partition coefficient (Wildman–Crippen LogP) is 2.05. The second-order valence-electron chi connectivity index (χ2n) is 5.41. The first-order chi connectivity index (χ1) is 10.8. The van der Waals surface area contributed by atoms with Crippen molar-refractivity contribution in [2.24, 2.45) is 0 Å². The third-order valence-corrected chi connectivity index (χ3v) is 3.78.